The fourth-order valence-corrected chi connectivity index (χ4v) is 4.04. The van der Waals surface area contributed by atoms with Gasteiger partial charge in [-0.15, -0.1) is 0 Å². The number of nitrogens with zero attached hydrogens (tertiary/aromatic N) is 3. The van der Waals surface area contributed by atoms with Gasteiger partial charge in [0, 0.05) is 24.5 Å². The number of fused-ring (bicyclic) bond motifs is 1. The van der Waals surface area contributed by atoms with Gasteiger partial charge in [0.2, 0.25) is 0 Å². The molecule has 0 bridgehead atoms. The fourth-order valence-electron chi connectivity index (χ4n) is 3.87. The Morgan fingerprint density at radius 3 is 2.34 bits per heavy atom. The van der Waals surface area contributed by atoms with Gasteiger partial charge in [-0.25, -0.2) is 18.7 Å². The predicted octanol–water partition coefficient (Wildman–Crippen LogP) is 7.72. The number of hydrogen-bond acceptors (Lipinski definition) is 2. The number of halogens is 6. The molecule has 2 aliphatic heterocycles. The summed E-state index contributed by atoms with van der Waals surface area (Å²) >= 11 is 5.85. The average Bonchev–Trinajstić information content (AvgIpc) is 3.25. The minimum absolute atomic E-state index is 0.0387. The molecule has 3 aromatic rings. The number of benzene rings is 3. The fraction of sp³-hybridized carbons (Fsp3) is 0.0769. The van der Waals surface area contributed by atoms with E-state index in [0.717, 1.165) is 12.1 Å². The van der Waals surface area contributed by atoms with E-state index in [1.165, 1.54) is 42.5 Å². The molecule has 176 valence electrons. The van der Waals surface area contributed by atoms with Crippen LogP contribution in [-0.4, -0.2) is 14.5 Å². The Bertz CT molecular complexity index is 1510. The van der Waals surface area contributed by atoms with E-state index in [2.05, 4.69) is 9.97 Å². The summed E-state index contributed by atoms with van der Waals surface area (Å²) in [6.07, 6.45) is -1.24. The number of aromatic nitrogens is 3. The van der Waals surface area contributed by atoms with Crippen LogP contribution < -0.4 is 0 Å². The van der Waals surface area contributed by atoms with Crippen LogP contribution in [0.3, 0.4) is 0 Å². The molecule has 0 unspecified atom stereocenters. The van der Waals surface area contributed by atoms with Crippen molar-refractivity contribution in [3.05, 3.63) is 107 Å². The van der Waals surface area contributed by atoms with Crippen molar-refractivity contribution in [1.29, 1.82) is 0 Å². The highest BCUT2D eigenvalue weighted by Gasteiger charge is 2.33. The standard InChI is InChI=1S/C26H15ClF5N3/c27-20-7-3-5-18(24(20)29)25-33-22-10-11-35(14-23(22)34-25)13-16-9-8-15(12-21(16)28)17-4-1-2-6-19(17)26(30,31)32/h1-12,14H,13H2. The second-order valence-electron chi connectivity index (χ2n) is 7.89. The van der Waals surface area contributed by atoms with E-state index in [1.54, 1.807) is 29.1 Å². The van der Waals surface area contributed by atoms with Crippen molar-refractivity contribution < 1.29 is 22.0 Å². The lowest BCUT2D eigenvalue weighted by Gasteiger charge is -2.14. The smallest absolute Gasteiger partial charge is 0.347 e. The summed E-state index contributed by atoms with van der Waals surface area (Å²) in [5.41, 5.74) is 0.660. The van der Waals surface area contributed by atoms with Crippen LogP contribution in [0.15, 0.2) is 79.1 Å². The van der Waals surface area contributed by atoms with Crippen LogP contribution in [-0.2, 0) is 12.7 Å². The molecular formula is C26H15ClF5N3. The first-order valence-electron chi connectivity index (χ1n) is 10.4. The summed E-state index contributed by atoms with van der Waals surface area (Å²) in [5.74, 6) is -1.08. The molecule has 0 spiro atoms. The van der Waals surface area contributed by atoms with E-state index in [4.69, 9.17) is 11.6 Å². The summed E-state index contributed by atoms with van der Waals surface area (Å²) in [6.45, 7) is 0.108. The minimum atomic E-state index is -4.55. The highest BCUT2D eigenvalue weighted by atomic mass is 35.5. The lowest BCUT2D eigenvalue weighted by Crippen LogP contribution is -2.07. The van der Waals surface area contributed by atoms with Crippen LogP contribution in [0.1, 0.15) is 11.1 Å². The SMILES string of the molecule is Fc1cc(-c2ccccc2C(F)(F)F)ccc1Cn1ccc2nc(-c3cccc(Cl)c3F)nc-2c1. The predicted molar refractivity (Wildman–Crippen MR) is 123 cm³/mol. The summed E-state index contributed by atoms with van der Waals surface area (Å²) in [7, 11) is 0. The Morgan fingerprint density at radius 1 is 0.829 bits per heavy atom. The van der Waals surface area contributed by atoms with Gasteiger partial charge >= 0.3 is 6.18 Å². The summed E-state index contributed by atoms with van der Waals surface area (Å²) in [6, 6.07) is 15.3. The zero-order chi connectivity index (χ0) is 24.7. The molecule has 0 aliphatic carbocycles. The van der Waals surface area contributed by atoms with Crippen LogP contribution >= 0.6 is 11.6 Å². The monoisotopic (exact) mass is 499 g/mol. The van der Waals surface area contributed by atoms with Crippen LogP contribution in [0.5, 0.6) is 0 Å². The molecule has 0 radical (unpaired) electrons. The van der Waals surface area contributed by atoms with Crippen molar-refractivity contribution in [1.82, 2.24) is 14.5 Å². The lowest BCUT2D eigenvalue weighted by molar-refractivity contribution is -0.137. The quantitative estimate of drug-likeness (QED) is 0.237. The first kappa shape index (κ1) is 23.0. The second-order valence-corrected chi connectivity index (χ2v) is 8.29. The number of pyridine rings is 1. The van der Waals surface area contributed by atoms with Crippen LogP contribution in [0.4, 0.5) is 22.0 Å². The number of hydrogen-bond donors (Lipinski definition) is 0. The summed E-state index contributed by atoms with van der Waals surface area (Å²) < 4.78 is 70.9. The molecule has 0 atom stereocenters. The van der Waals surface area contributed by atoms with Gasteiger partial charge in [0.25, 0.3) is 0 Å². The molecule has 0 saturated carbocycles. The van der Waals surface area contributed by atoms with Gasteiger partial charge in [-0.2, -0.15) is 13.2 Å². The van der Waals surface area contributed by atoms with Gasteiger partial charge in [-0.05, 0) is 41.5 Å². The zero-order valence-corrected chi connectivity index (χ0v) is 18.6. The Morgan fingerprint density at radius 2 is 1.57 bits per heavy atom. The van der Waals surface area contributed by atoms with Crippen LogP contribution in [0, 0.1) is 11.6 Å². The average molecular weight is 500 g/mol. The normalized spacial score (nSPS) is 11.8. The van der Waals surface area contributed by atoms with Gasteiger partial charge in [0.05, 0.1) is 21.8 Å². The van der Waals surface area contributed by atoms with E-state index >= 15 is 0 Å². The zero-order valence-electron chi connectivity index (χ0n) is 17.8. The molecule has 9 heteroatoms. The highest BCUT2D eigenvalue weighted by Crippen LogP contribution is 2.37. The van der Waals surface area contributed by atoms with Crippen LogP contribution in [0.25, 0.3) is 33.9 Å². The Labute approximate surface area is 201 Å². The third-order valence-corrected chi connectivity index (χ3v) is 5.86. The van der Waals surface area contributed by atoms with Gasteiger partial charge in [-0.1, -0.05) is 48.0 Å². The highest BCUT2D eigenvalue weighted by molar-refractivity contribution is 6.31. The molecular weight excluding hydrogens is 485 g/mol. The summed E-state index contributed by atoms with van der Waals surface area (Å²) in [5, 5.41) is -0.0387. The third kappa shape index (κ3) is 4.49. The van der Waals surface area contributed by atoms with Crippen molar-refractivity contribution in [3.8, 4) is 33.9 Å². The molecule has 0 amide bonds. The van der Waals surface area contributed by atoms with E-state index in [-0.39, 0.29) is 39.6 Å². The third-order valence-electron chi connectivity index (χ3n) is 5.57. The van der Waals surface area contributed by atoms with E-state index in [9.17, 15) is 22.0 Å². The first-order chi connectivity index (χ1) is 16.7. The van der Waals surface area contributed by atoms with Crippen molar-refractivity contribution in [2.75, 3.05) is 0 Å². The maximum Gasteiger partial charge on any atom is 0.417 e. The molecule has 5 rings (SSSR count). The van der Waals surface area contributed by atoms with Crippen LogP contribution in [0.2, 0.25) is 5.02 Å². The Hall–Kier alpha value is -3.78. The Balaban J connectivity index is 1.44. The van der Waals surface area contributed by atoms with Crippen molar-refractivity contribution in [2.45, 2.75) is 12.7 Å². The number of imidazole rings is 1. The molecule has 0 N–H and O–H groups in total. The topological polar surface area (TPSA) is 30.7 Å². The lowest BCUT2D eigenvalue weighted by atomic mass is 9.98. The van der Waals surface area contributed by atoms with Gasteiger partial charge < -0.3 is 4.57 Å². The molecule has 0 saturated heterocycles. The largest absolute Gasteiger partial charge is 0.417 e. The van der Waals surface area contributed by atoms with E-state index in [1.807, 2.05) is 0 Å². The van der Waals surface area contributed by atoms with E-state index in [0.29, 0.717) is 11.4 Å². The molecule has 2 heterocycles. The summed E-state index contributed by atoms with van der Waals surface area (Å²) in [4.78, 5) is 8.70. The van der Waals surface area contributed by atoms with Crippen molar-refractivity contribution >= 4 is 11.6 Å². The second kappa shape index (κ2) is 8.78. The molecule has 0 fully saturated rings. The minimum Gasteiger partial charge on any atom is -0.347 e. The maximum absolute atomic E-state index is 14.9. The Kier molecular flexibility index (Phi) is 5.76. The number of alkyl halides is 3. The van der Waals surface area contributed by atoms with E-state index < -0.39 is 23.4 Å². The molecule has 3 nitrogen and oxygen atoms in total. The number of rotatable bonds is 4. The van der Waals surface area contributed by atoms with Gasteiger partial charge in [-0.3, -0.25) is 0 Å². The van der Waals surface area contributed by atoms with Gasteiger partial charge in [0.15, 0.2) is 11.6 Å². The van der Waals surface area contributed by atoms with Gasteiger partial charge in [0.1, 0.15) is 11.5 Å². The first-order valence-corrected chi connectivity index (χ1v) is 10.8. The van der Waals surface area contributed by atoms with Crippen molar-refractivity contribution in [2.24, 2.45) is 0 Å². The van der Waals surface area contributed by atoms with Crippen molar-refractivity contribution in [3.63, 3.8) is 0 Å². The molecule has 0 aromatic heterocycles. The molecule has 3 aromatic carbocycles. The molecule has 35 heavy (non-hydrogen) atoms. The molecule has 2 aliphatic rings. The maximum atomic E-state index is 14.9.